The van der Waals surface area contributed by atoms with Crippen LogP contribution in [0.15, 0.2) is 12.3 Å². The number of amides is 1. The Balaban J connectivity index is 2.11. The SMILES string of the molecule is CC(C)n1ccc(CN2C(=O)CCC2C(=O)O)n1. The molecule has 0 saturated carbocycles. The van der Waals surface area contributed by atoms with E-state index in [1.54, 1.807) is 4.68 Å². The minimum atomic E-state index is -0.941. The van der Waals surface area contributed by atoms with Crippen LogP contribution in [0.25, 0.3) is 0 Å². The first kappa shape index (κ1) is 12.6. The van der Waals surface area contributed by atoms with Crippen LogP contribution in [0.4, 0.5) is 0 Å². The van der Waals surface area contributed by atoms with Gasteiger partial charge in [0.2, 0.25) is 5.91 Å². The van der Waals surface area contributed by atoms with Gasteiger partial charge in [0.25, 0.3) is 0 Å². The summed E-state index contributed by atoms with van der Waals surface area (Å²) in [5, 5.41) is 13.4. The number of hydrogen-bond donors (Lipinski definition) is 1. The van der Waals surface area contributed by atoms with E-state index < -0.39 is 12.0 Å². The Bertz CT molecular complexity index is 467. The van der Waals surface area contributed by atoms with Crippen molar-refractivity contribution >= 4 is 11.9 Å². The van der Waals surface area contributed by atoms with Crippen LogP contribution in [0, 0.1) is 0 Å². The van der Waals surface area contributed by atoms with Gasteiger partial charge in [0, 0.05) is 18.7 Å². The van der Waals surface area contributed by atoms with Crippen molar-refractivity contribution in [1.82, 2.24) is 14.7 Å². The van der Waals surface area contributed by atoms with Gasteiger partial charge >= 0.3 is 5.97 Å². The molecule has 2 rings (SSSR count). The van der Waals surface area contributed by atoms with Gasteiger partial charge in [-0.05, 0) is 26.3 Å². The molecule has 98 valence electrons. The lowest BCUT2D eigenvalue weighted by Gasteiger charge is -2.20. The van der Waals surface area contributed by atoms with E-state index in [4.69, 9.17) is 5.11 Å². The van der Waals surface area contributed by atoms with Crippen LogP contribution in [0.3, 0.4) is 0 Å². The van der Waals surface area contributed by atoms with E-state index in [0.29, 0.717) is 12.8 Å². The monoisotopic (exact) mass is 251 g/mol. The minimum absolute atomic E-state index is 0.110. The van der Waals surface area contributed by atoms with E-state index in [9.17, 15) is 9.59 Å². The number of hydrogen-bond acceptors (Lipinski definition) is 3. The maximum absolute atomic E-state index is 11.7. The number of rotatable bonds is 4. The average Bonchev–Trinajstić information content (AvgIpc) is 2.88. The zero-order chi connectivity index (χ0) is 13.3. The third-order valence-corrected chi connectivity index (χ3v) is 3.14. The molecule has 2 heterocycles. The van der Waals surface area contributed by atoms with E-state index in [1.807, 2.05) is 26.1 Å². The average molecular weight is 251 g/mol. The predicted molar refractivity (Wildman–Crippen MR) is 63.8 cm³/mol. The molecule has 0 aromatic carbocycles. The van der Waals surface area contributed by atoms with Crippen molar-refractivity contribution in [2.75, 3.05) is 0 Å². The molecule has 1 amide bonds. The van der Waals surface area contributed by atoms with E-state index >= 15 is 0 Å². The largest absolute Gasteiger partial charge is 0.480 e. The highest BCUT2D eigenvalue weighted by molar-refractivity contribution is 5.87. The number of aliphatic carboxylic acids is 1. The fourth-order valence-electron chi connectivity index (χ4n) is 2.11. The molecule has 0 aliphatic carbocycles. The van der Waals surface area contributed by atoms with Crippen LogP contribution in [0.2, 0.25) is 0 Å². The minimum Gasteiger partial charge on any atom is -0.480 e. The van der Waals surface area contributed by atoms with Gasteiger partial charge in [0.15, 0.2) is 0 Å². The predicted octanol–water partition coefficient (Wildman–Crippen LogP) is 1.04. The van der Waals surface area contributed by atoms with Gasteiger partial charge in [-0.15, -0.1) is 0 Å². The van der Waals surface area contributed by atoms with Crippen molar-refractivity contribution < 1.29 is 14.7 Å². The number of carbonyl (C=O) groups is 2. The first-order chi connectivity index (χ1) is 8.49. The number of carbonyl (C=O) groups excluding carboxylic acids is 1. The molecule has 1 aromatic rings. The summed E-state index contributed by atoms with van der Waals surface area (Å²) >= 11 is 0. The third-order valence-electron chi connectivity index (χ3n) is 3.14. The first-order valence-electron chi connectivity index (χ1n) is 6.05. The number of carboxylic acids is 1. The summed E-state index contributed by atoms with van der Waals surface area (Å²) in [6, 6.07) is 1.37. The quantitative estimate of drug-likeness (QED) is 0.867. The Morgan fingerprint density at radius 3 is 2.89 bits per heavy atom. The van der Waals surface area contributed by atoms with Crippen molar-refractivity contribution in [3.05, 3.63) is 18.0 Å². The van der Waals surface area contributed by atoms with Gasteiger partial charge in [-0.2, -0.15) is 5.10 Å². The standard InChI is InChI=1S/C12H17N3O3/c1-8(2)15-6-5-9(13-15)7-14-10(12(17)18)3-4-11(14)16/h5-6,8,10H,3-4,7H2,1-2H3,(H,17,18). The zero-order valence-corrected chi connectivity index (χ0v) is 10.5. The van der Waals surface area contributed by atoms with Gasteiger partial charge < -0.3 is 10.0 Å². The van der Waals surface area contributed by atoms with Crippen molar-refractivity contribution in [2.24, 2.45) is 0 Å². The van der Waals surface area contributed by atoms with Gasteiger partial charge in [-0.25, -0.2) is 4.79 Å². The molecule has 1 unspecified atom stereocenters. The molecular formula is C12H17N3O3. The molecule has 1 N–H and O–H groups in total. The highest BCUT2D eigenvalue weighted by Crippen LogP contribution is 2.21. The Kier molecular flexibility index (Phi) is 3.36. The second kappa shape index (κ2) is 4.80. The molecule has 6 nitrogen and oxygen atoms in total. The van der Waals surface area contributed by atoms with Crippen LogP contribution in [-0.2, 0) is 16.1 Å². The van der Waals surface area contributed by atoms with Crippen molar-refractivity contribution in [1.29, 1.82) is 0 Å². The summed E-state index contributed by atoms with van der Waals surface area (Å²) in [6.45, 7) is 4.30. The van der Waals surface area contributed by atoms with Crippen LogP contribution < -0.4 is 0 Å². The summed E-state index contributed by atoms with van der Waals surface area (Å²) in [5.41, 5.74) is 0.727. The normalized spacial score (nSPS) is 19.8. The first-order valence-corrected chi connectivity index (χ1v) is 6.05. The molecule has 0 bridgehead atoms. The van der Waals surface area contributed by atoms with E-state index in [-0.39, 0.29) is 18.5 Å². The van der Waals surface area contributed by atoms with Gasteiger partial charge in [-0.1, -0.05) is 0 Å². The van der Waals surface area contributed by atoms with Gasteiger partial charge in [0.1, 0.15) is 6.04 Å². The molecule has 1 aliphatic heterocycles. The van der Waals surface area contributed by atoms with E-state index in [1.165, 1.54) is 4.90 Å². The zero-order valence-electron chi connectivity index (χ0n) is 10.5. The number of nitrogens with zero attached hydrogens (tertiary/aromatic N) is 3. The Morgan fingerprint density at radius 2 is 2.33 bits per heavy atom. The van der Waals surface area contributed by atoms with Gasteiger partial charge in [0.05, 0.1) is 12.2 Å². The Hall–Kier alpha value is -1.85. The highest BCUT2D eigenvalue weighted by atomic mass is 16.4. The molecule has 0 radical (unpaired) electrons. The molecule has 1 fully saturated rings. The lowest BCUT2D eigenvalue weighted by molar-refractivity contribution is -0.146. The van der Waals surface area contributed by atoms with Crippen LogP contribution >= 0.6 is 0 Å². The summed E-state index contributed by atoms with van der Waals surface area (Å²) in [5.74, 6) is -1.05. The molecule has 1 saturated heterocycles. The topological polar surface area (TPSA) is 75.4 Å². The van der Waals surface area contributed by atoms with E-state index in [2.05, 4.69) is 5.10 Å². The molecule has 1 aliphatic rings. The lowest BCUT2D eigenvalue weighted by atomic mass is 10.2. The second-order valence-corrected chi connectivity index (χ2v) is 4.80. The smallest absolute Gasteiger partial charge is 0.326 e. The summed E-state index contributed by atoms with van der Waals surface area (Å²) < 4.78 is 1.80. The molecule has 18 heavy (non-hydrogen) atoms. The fraction of sp³-hybridized carbons (Fsp3) is 0.583. The molecule has 1 aromatic heterocycles. The van der Waals surface area contributed by atoms with Crippen LogP contribution in [0.1, 0.15) is 38.4 Å². The van der Waals surface area contributed by atoms with Crippen molar-refractivity contribution in [2.45, 2.75) is 45.3 Å². The Morgan fingerprint density at radius 1 is 1.61 bits per heavy atom. The Labute approximate surface area is 105 Å². The van der Waals surface area contributed by atoms with Crippen molar-refractivity contribution in [3.63, 3.8) is 0 Å². The summed E-state index contributed by atoms with van der Waals surface area (Å²) in [4.78, 5) is 24.1. The lowest BCUT2D eigenvalue weighted by Crippen LogP contribution is -2.38. The summed E-state index contributed by atoms with van der Waals surface area (Å²) in [7, 11) is 0. The highest BCUT2D eigenvalue weighted by Gasteiger charge is 2.36. The number of aromatic nitrogens is 2. The molecule has 0 spiro atoms. The van der Waals surface area contributed by atoms with Crippen molar-refractivity contribution in [3.8, 4) is 0 Å². The molecule has 6 heteroatoms. The number of carboxylic acid groups (broad SMARTS) is 1. The maximum Gasteiger partial charge on any atom is 0.326 e. The number of likely N-dealkylation sites (tertiary alicyclic amines) is 1. The summed E-state index contributed by atoms with van der Waals surface area (Å²) in [6.07, 6.45) is 2.54. The third kappa shape index (κ3) is 2.37. The maximum atomic E-state index is 11.7. The van der Waals surface area contributed by atoms with E-state index in [0.717, 1.165) is 5.69 Å². The fourth-order valence-corrected chi connectivity index (χ4v) is 2.11. The van der Waals surface area contributed by atoms with Crippen LogP contribution in [0.5, 0.6) is 0 Å². The second-order valence-electron chi connectivity index (χ2n) is 4.80. The molecule has 1 atom stereocenters. The van der Waals surface area contributed by atoms with Gasteiger partial charge in [-0.3, -0.25) is 9.48 Å². The van der Waals surface area contributed by atoms with Crippen LogP contribution in [-0.4, -0.2) is 37.7 Å². The molecular weight excluding hydrogens is 234 g/mol.